The molecule has 1 aliphatic carbocycles. The van der Waals surface area contributed by atoms with Gasteiger partial charge in [-0.25, -0.2) is 4.99 Å². The maximum absolute atomic E-state index is 4.77. The first-order valence-electron chi connectivity index (χ1n) is 7.12. The first-order chi connectivity index (χ1) is 10.4. The van der Waals surface area contributed by atoms with Crippen molar-refractivity contribution in [1.29, 1.82) is 0 Å². The lowest BCUT2D eigenvalue weighted by Gasteiger charge is -2.07. The highest BCUT2D eigenvalue weighted by Crippen LogP contribution is 2.38. The first kappa shape index (κ1) is 12.5. The van der Waals surface area contributed by atoms with Crippen LogP contribution in [0, 0.1) is 0 Å². The largest absolute Gasteiger partial charge is 0.313 e. The van der Waals surface area contributed by atoms with Crippen LogP contribution in [0.25, 0.3) is 11.3 Å². The number of aromatic nitrogens is 2. The smallest absolute Gasteiger partial charge is 0.190 e. The van der Waals surface area contributed by atoms with Gasteiger partial charge in [0, 0.05) is 17.6 Å². The van der Waals surface area contributed by atoms with Gasteiger partial charge < -0.3 is 4.57 Å². The second-order valence-corrected chi connectivity index (χ2v) is 6.03. The average Bonchev–Trinajstić information content (AvgIpc) is 3.30. The predicted molar refractivity (Wildman–Crippen MR) is 85.5 cm³/mol. The molecule has 0 radical (unpaired) electrons. The summed E-state index contributed by atoms with van der Waals surface area (Å²) < 4.78 is 2.38. The van der Waals surface area contributed by atoms with E-state index >= 15 is 0 Å². The van der Waals surface area contributed by atoms with Crippen molar-refractivity contribution in [3.8, 4) is 11.3 Å². The van der Waals surface area contributed by atoms with Crippen LogP contribution in [0.5, 0.6) is 0 Å². The van der Waals surface area contributed by atoms with Crippen LogP contribution in [0.1, 0.15) is 18.9 Å². The summed E-state index contributed by atoms with van der Waals surface area (Å²) in [5.41, 5.74) is 3.44. The fourth-order valence-corrected chi connectivity index (χ4v) is 3.42. The third-order valence-corrected chi connectivity index (χ3v) is 4.43. The Hall–Kier alpha value is -2.20. The summed E-state index contributed by atoms with van der Waals surface area (Å²) in [5, 5.41) is 2.21. The van der Waals surface area contributed by atoms with E-state index in [0.29, 0.717) is 6.04 Å². The minimum absolute atomic E-state index is 0.599. The molecule has 3 nitrogen and oxygen atoms in total. The molecule has 0 aliphatic heterocycles. The highest BCUT2D eigenvalue weighted by Gasteiger charge is 2.27. The van der Waals surface area contributed by atoms with Crippen LogP contribution >= 0.6 is 11.3 Å². The zero-order valence-electron chi connectivity index (χ0n) is 11.5. The standard InChI is InChI=1S/C17H15N3S/c1-2-5-13(6-3-1)16-12-21-17(20(16)15-8-9-15)19-14-7-4-10-18-11-14/h1-7,10-12,15H,8-9H2. The molecule has 2 aromatic heterocycles. The van der Waals surface area contributed by atoms with E-state index in [9.17, 15) is 0 Å². The molecule has 2 heterocycles. The van der Waals surface area contributed by atoms with Gasteiger partial charge in [-0.2, -0.15) is 0 Å². The van der Waals surface area contributed by atoms with Gasteiger partial charge in [0.1, 0.15) is 0 Å². The molecule has 0 atom stereocenters. The first-order valence-corrected chi connectivity index (χ1v) is 8.00. The zero-order valence-corrected chi connectivity index (χ0v) is 12.3. The van der Waals surface area contributed by atoms with E-state index in [-0.39, 0.29) is 0 Å². The Morgan fingerprint density at radius 1 is 1.10 bits per heavy atom. The second kappa shape index (κ2) is 5.30. The van der Waals surface area contributed by atoms with Gasteiger partial charge >= 0.3 is 0 Å². The summed E-state index contributed by atoms with van der Waals surface area (Å²) in [6.07, 6.45) is 6.07. The van der Waals surface area contributed by atoms with Crippen LogP contribution in [0.2, 0.25) is 0 Å². The van der Waals surface area contributed by atoms with Gasteiger partial charge in [0.15, 0.2) is 4.80 Å². The summed E-state index contributed by atoms with van der Waals surface area (Å²) in [4.78, 5) is 9.96. The Labute approximate surface area is 127 Å². The second-order valence-electron chi connectivity index (χ2n) is 5.19. The third kappa shape index (κ3) is 2.54. The van der Waals surface area contributed by atoms with Gasteiger partial charge in [0.05, 0.1) is 17.6 Å². The van der Waals surface area contributed by atoms with E-state index < -0.39 is 0 Å². The lowest BCUT2D eigenvalue weighted by Crippen LogP contribution is -2.14. The molecule has 1 aromatic carbocycles. The molecule has 3 aromatic rings. The molecule has 0 N–H and O–H groups in total. The summed E-state index contributed by atoms with van der Waals surface area (Å²) >= 11 is 1.70. The molecule has 0 unspecified atom stereocenters. The van der Waals surface area contributed by atoms with Gasteiger partial charge in [-0.3, -0.25) is 4.98 Å². The van der Waals surface area contributed by atoms with Crippen LogP contribution in [-0.2, 0) is 0 Å². The van der Waals surface area contributed by atoms with Gasteiger partial charge in [0.25, 0.3) is 0 Å². The Morgan fingerprint density at radius 2 is 1.95 bits per heavy atom. The zero-order chi connectivity index (χ0) is 14.1. The van der Waals surface area contributed by atoms with Gasteiger partial charge in [-0.05, 0) is 30.5 Å². The fraction of sp³-hybridized carbons (Fsp3) is 0.176. The van der Waals surface area contributed by atoms with Crippen molar-refractivity contribution in [2.75, 3.05) is 0 Å². The minimum Gasteiger partial charge on any atom is -0.313 e. The van der Waals surface area contributed by atoms with E-state index in [1.807, 2.05) is 12.1 Å². The molecule has 21 heavy (non-hydrogen) atoms. The summed E-state index contributed by atoms with van der Waals surface area (Å²) in [7, 11) is 0. The number of pyridine rings is 1. The van der Waals surface area contributed by atoms with E-state index in [0.717, 1.165) is 10.5 Å². The quantitative estimate of drug-likeness (QED) is 0.712. The highest BCUT2D eigenvalue weighted by atomic mass is 32.1. The third-order valence-electron chi connectivity index (χ3n) is 3.59. The maximum Gasteiger partial charge on any atom is 0.190 e. The molecular formula is C17H15N3S. The molecule has 0 amide bonds. The number of benzene rings is 1. The monoisotopic (exact) mass is 293 g/mol. The van der Waals surface area contributed by atoms with Gasteiger partial charge in [0.2, 0.25) is 0 Å². The minimum atomic E-state index is 0.599. The van der Waals surface area contributed by atoms with E-state index in [4.69, 9.17) is 4.99 Å². The molecule has 0 bridgehead atoms. The van der Waals surface area contributed by atoms with Crippen LogP contribution in [0.15, 0.2) is 65.2 Å². The number of hydrogen-bond acceptors (Lipinski definition) is 3. The molecule has 0 saturated heterocycles. The number of rotatable bonds is 3. The van der Waals surface area contributed by atoms with Crippen molar-refractivity contribution >= 4 is 17.0 Å². The van der Waals surface area contributed by atoms with Crippen molar-refractivity contribution in [3.05, 3.63) is 65.0 Å². The number of hydrogen-bond donors (Lipinski definition) is 0. The van der Waals surface area contributed by atoms with Crippen molar-refractivity contribution in [1.82, 2.24) is 9.55 Å². The van der Waals surface area contributed by atoms with Crippen LogP contribution in [0.3, 0.4) is 0 Å². The topological polar surface area (TPSA) is 30.2 Å². The number of nitrogens with zero attached hydrogens (tertiary/aromatic N) is 3. The molecule has 1 saturated carbocycles. The molecule has 1 aliphatic rings. The highest BCUT2D eigenvalue weighted by molar-refractivity contribution is 7.07. The number of thiazole rings is 1. The Morgan fingerprint density at radius 3 is 2.67 bits per heavy atom. The van der Waals surface area contributed by atoms with Crippen LogP contribution in [0.4, 0.5) is 5.69 Å². The molecule has 1 fully saturated rings. The molecule has 104 valence electrons. The predicted octanol–water partition coefficient (Wildman–Crippen LogP) is 4.18. The van der Waals surface area contributed by atoms with E-state index in [1.165, 1.54) is 24.1 Å². The van der Waals surface area contributed by atoms with E-state index in [2.05, 4.69) is 45.3 Å². The van der Waals surface area contributed by atoms with Crippen molar-refractivity contribution in [2.24, 2.45) is 4.99 Å². The fourth-order valence-electron chi connectivity index (χ4n) is 2.44. The molecule has 4 rings (SSSR count). The summed E-state index contributed by atoms with van der Waals surface area (Å²) in [5.74, 6) is 0. The summed E-state index contributed by atoms with van der Waals surface area (Å²) in [6, 6.07) is 15.1. The van der Waals surface area contributed by atoms with Gasteiger partial charge in [-0.15, -0.1) is 11.3 Å². The maximum atomic E-state index is 4.77. The average molecular weight is 293 g/mol. The van der Waals surface area contributed by atoms with Gasteiger partial charge in [-0.1, -0.05) is 30.3 Å². The molecule has 4 heteroatoms. The lowest BCUT2D eigenvalue weighted by molar-refractivity contribution is 0.724. The normalized spacial score (nSPS) is 15.3. The lowest BCUT2D eigenvalue weighted by atomic mass is 10.2. The summed E-state index contributed by atoms with van der Waals surface area (Å²) in [6.45, 7) is 0. The van der Waals surface area contributed by atoms with Crippen molar-refractivity contribution < 1.29 is 0 Å². The molecular weight excluding hydrogens is 278 g/mol. The Balaban J connectivity index is 1.86. The van der Waals surface area contributed by atoms with Crippen LogP contribution < -0.4 is 4.80 Å². The molecule has 0 spiro atoms. The van der Waals surface area contributed by atoms with Crippen molar-refractivity contribution in [3.63, 3.8) is 0 Å². The van der Waals surface area contributed by atoms with Crippen LogP contribution in [-0.4, -0.2) is 9.55 Å². The Kier molecular flexibility index (Phi) is 3.16. The van der Waals surface area contributed by atoms with E-state index in [1.54, 1.807) is 23.7 Å². The SMILES string of the molecule is c1ccc(-c2csc(=Nc3cccnc3)n2C2CC2)cc1. The van der Waals surface area contributed by atoms with Crippen molar-refractivity contribution in [2.45, 2.75) is 18.9 Å². The Bertz CT molecular complexity index is 799.